The van der Waals surface area contributed by atoms with Gasteiger partial charge in [-0.05, 0) is 61.7 Å². The van der Waals surface area contributed by atoms with E-state index >= 15 is 0 Å². The van der Waals surface area contributed by atoms with Crippen molar-refractivity contribution < 1.29 is 22.7 Å². The quantitative estimate of drug-likeness (QED) is 0.397. The maximum absolute atomic E-state index is 13.4. The zero-order valence-corrected chi connectivity index (χ0v) is 21.1. The van der Waals surface area contributed by atoms with Crippen molar-refractivity contribution in [1.29, 1.82) is 0 Å². The number of aliphatic hydroxyl groups is 1. The lowest BCUT2D eigenvalue weighted by molar-refractivity contribution is -0.0219. The SMILES string of the molecule is Cc1nc(F)ccc1C1(O)CCN(C(=O)c2ccc(CS(=O)(=O)c3cccc4cccnc34)cc2)CC1. The third kappa shape index (κ3) is 4.97. The van der Waals surface area contributed by atoms with Crippen LogP contribution in [0.2, 0.25) is 0 Å². The summed E-state index contributed by atoms with van der Waals surface area (Å²) in [4.78, 5) is 23.0. The highest BCUT2D eigenvalue weighted by molar-refractivity contribution is 7.90. The van der Waals surface area contributed by atoms with Gasteiger partial charge in [0.15, 0.2) is 9.84 Å². The van der Waals surface area contributed by atoms with Crippen molar-refractivity contribution in [1.82, 2.24) is 14.9 Å². The van der Waals surface area contributed by atoms with Crippen molar-refractivity contribution in [2.75, 3.05) is 13.1 Å². The molecule has 7 nitrogen and oxygen atoms in total. The molecule has 0 spiro atoms. The molecule has 0 bridgehead atoms. The van der Waals surface area contributed by atoms with E-state index in [0.717, 1.165) is 5.39 Å². The molecule has 2 aromatic carbocycles. The lowest BCUT2D eigenvalue weighted by Gasteiger charge is -2.39. The number of halogens is 1. The van der Waals surface area contributed by atoms with Crippen molar-refractivity contribution in [2.24, 2.45) is 0 Å². The van der Waals surface area contributed by atoms with Crippen LogP contribution in [0.4, 0.5) is 4.39 Å². The second kappa shape index (κ2) is 9.64. The number of nitrogens with zero attached hydrogens (tertiary/aromatic N) is 3. The predicted molar refractivity (Wildman–Crippen MR) is 137 cm³/mol. The molecule has 1 amide bonds. The summed E-state index contributed by atoms with van der Waals surface area (Å²) in [5.74, 6) is -0.995. The summed E-state index contributed by atoms with van der Waals surface area (Å²) in [5.41, 5.74) is 1.29. The van der Waals surface area contributed by atoms with Gasteiger partial charge in [-0.2, -0.15) is 4.39 Å². The van der Waals surface area contributed by atoms with Gasteiger partial charge < -0.3 is 10.0 Å². The fraction of sp³-hybridized carbons (Fsp3) is 0.250. The van der Waals surface area contributed by atoms with Crippen molar-refractivity contribution in [3.63, 3.8) is 0 Å². The standard InChI is InChI=1S/C28H26FN3O4S/c1-19-23(11-12-25(29)31-19)28(34)13-16-32(17-14-28)27(33)22-9-7-20(8-10-22)18-37(35,36)24-6-2-4-21-5-3-15-30-26(21)24/h2-12,15,34H,13-14,16-18H2,1H3. The zero-order valence-electron chi connectivity index (χ0n) is 20.3. The number of carbonyl (C=O) groups excluding carboxylic acids is 1. The molecule has 1 N–H and O–H groups in total. The van der Waals surface area contributed by atoms with E-state index in [1.165, 1.54) is 6.07 Å². The Hall–Kier alpha value is -3.69. The Labute approximate surface area is 214 Å². The Morgan fingerprint density at radius 3 is 2.43 bits per heavy atom. The number of hydrogen-bond acceptors (Lipinski definition) is 6. The molecule has 2 aromatic heterocycles. The van der Waals surface area contributed by atoms with Gasteiger partial charge in [0.2, 0.25) is 5.95 Å². The highest BCUT2D eigenvalue weighted by atomic mass is 32.2. The molecule has 1 aliphatic rings. The third-order valence-corrected chi connectivity index (χ3v) is 8.63. The van der Waals surface area contributed by atoms with Crippen molar-refractivity contribution in [2.45, 2.75) is 36.0 Å². The Balaban J connectivity index is 1.27. The summed E-state index contributed by atoms with van der Waals surface area (Å²) in [6, 6.07) is 18.0. The number of likely N-dealkylation sites (tertiary alicyclic amines) is 1. The molecule has 5 rings (SSSR count). The summed E-state index contributed by atoms with van der Waals surface area (Å²) in [6.45, 7) is 2.32. The normalized spacial score (nSPS) is 15.6. The first-order valence-electron chi connectivity index (χ1n) is 12.0. The fourth-order valence-corrected chi connectivity index (χ4v) is 6.46. The minimum atomic E-state index is -3.65. The van der Waals surface area contributed by atoms with Crippen LogP contribution < -0.4 is 0 Å². The molecule has 0 aliphatic carbocycles. The molecule has 3 heterocycles. The van der Waals surface area contributed by atoms with Crippen LogP contribution in [0.25, 0.3) is 10.9 Å². The summed E-state index contributed by atoms with van der Waals surface area (Å²) in [7, 11) is -3.65. The number of aryl methyl sites for hydroxylation is 1. The number of carbonyl (C=O) groups is 1. The van der Waals surface area contributed by atoms with Crippen molar-refractivity contribution in [3.05, 3.63) is 101 Å². The van der Waals surface area contributed by atoms with Crippen LogP contribution in [0.15, 0.2) is 77.8 Å². The van der Waals surface area contributed by atoms with E-state index in [9.17, 15) is 22.7 Å². The second-order valence-electron chi connectivity index (χ2n) is 9.38. The minimum absolute atomic E-state index is 0.179. The van der Waals surface area contributed by atoms with Crippen LogP contribution in [0.3, 0.4) is 0 Å². The Morgan fingerprint density at radius 1 is 1.03 bits per heavy atom. The number of rotatable bonds is 5. The maximum Gasteiger partial charge on any atom is 0.253 e. The molecule has 0 radical (unpaired) electrons. The molecule has 0 saturated carbocycles. The van der Waals surface area contributed by atoms with Crippen LogP contribution in [0.1, 0.15) is 40.0 Å². The van der Waals surface area contributed by atoms with E-state index in [1.807, 2.05) is 12.1 Å². The summed E-state index contributed by atoms with van der Waals surface area (Å²) in [6.07, 6.45) is 2.19. The number of amides is 1. The maximum atomic E-state index is 13.4. The lowest BCUT2D eigenvalue weighted by Crippen LogP contribution is -2.45. The molecular weight excluding hydrogens is 493 g/mol. The topological polar surface area (TPSA) is 100 Å². The predicted octanol–water partition coefficient (Wildman–Crippen LogP) is 4.18. The lowest BCUT2D eigenvalue weighted by atomic mass is 9.83. The number of pyridine rings is 2. The average molecular weight is 520 g/mol. The van der Waals surface area contributed by atoms with E-state index in [4.69, 9.17) is 0 Å². The third-order valence-electron chi connectivity index (χ3n) is 6.92. The zero-order chi connectivity index (χ0) is 26.2. The Bertz CT molecular complexity index is 1580. The van der Waals surface area contributed by atoms with Crippen LogP contribution >= 0.6 is 0 Å². The smallest absolute Gasteiger partial charge is 0.253 e. The van der Waals surface area contributed by atoms with E-state index in [-0.39, 0.29) is 16.6 Å². The van der Waals surface area contributed by atoms with Crippen LogP contribution in [0, 0.1) is 12.9 Å². The summed E-state index contributed by atoms with van der Waals surface area (Å²) in [5, 5.41) is 11.9. The molecular formula is C28H26FN3O4S. The Morgan fingerprint density at radius 2 is 1.73 bits per heavy atom. The average Bonchev–Trinajstić information content (AvgIpc) is 2.88. The van der Waals surface area contributed by atoms with E-state index in [0.29, 0.717) is 53.8 Å². The highest BCUT2D eigenvalue weighted by Crippen LogP contribution is 2.34. The number of benzene rings is 2. The molecule has 9 heteroatoms. The van der Waals surface area contributed by atoms with Gasteiger partial charge in [0, 0.05) is 41.5 Å². The largest absolute Gasteiger partial charge is 0.385 e. The van der Waals surface area contributed by atoms with Gasteiger partial charge in [-0.25, -0.2) is 13.4 Å². The number of hydrogen-bond donors (Lipinski definition) is 1. The first-order chi connectivity index (χ1) is 17.7. The van der Waals surface area contributed by atoms with Gasteiger partial charge in [-0.15, -0.1) is 0 Å². The van der Waals surface area contributed by atoms with Gasteiger partial charge in [-0.1, -0.05) is 30.3 Å². The molecule has 0 unspecified atom stereocenters. The number of piperidine rings is 1. The molecule has 1 fully saturated rings. The number of fused-ring (bicyclic) bond motifs is 1. The monoisotopic (exact) mass is 519 g/mol. The van der Waals surface area contributed by atoms with E-state index in [1.54, 1.807) is 66.6 Å². The first kappa shape index (κ1) is 25.0. The highest BCUT2D eigenvalue weighted by Gasteiger charge is 2.37. The van der Waals surface area contributed by atoms with Crippen molar-refractivity contribution >= 4 is 26.6 Å². The molecule has 37 heavy (non-hydrogen) atoms. The van der Waals surface area contributed by atoms with Gasteiger partial charge in [-0.3, -0.25) is 9.78 Å². The Kier molecular flexibility index (Phi) is 6.51. The molecule has 0 atom stereocenters. The van der Waals surface area contributed by atoms with Crippen molar-refractivity contribution in [3.8, 4) is 0 Å². The molecule has 4 aromatic rings. The first-order valence-corrected chi connectivity index (χ1v) is 13.6. The summed E-state index contributed by atoms with van der Waals surface area (Å²) < 4.78 is 39.7. The molecule has 190 valence electrons. The number of para-hydroxylation sites is 1. The number of aromatic nitrogens is 2. The van der Waals surface area contributed by atoms with Gasteiger partial charge in [0.25, 0.3) is 5.91 Å². The van der Waals surface area contributed by atoms with Crippen LogP contribution in [-0.2, 0) is 21.2 Å². The van der Waals surface area contributed by atoms with Gasteiger partial charge in [0.05, 0.1) is 21.8 Å². The summed E-state index contributed by atoms with van der Waals surface area (Å²) >= 11 is 0. The van der Waals surface area contributed by atoms with Crippen LogP contribution in [0.5, 0.6) is 0 Å². The van der Waals surface area contributed by atoms with Gasteiger partial charge >= 0.3 is 0 Å². The van der Waals surface area contributed by atoms with E-state index < -0.39 is 21.4 Å². The van der Waals surface area contributed by atoms with E-state index in [2.05, 4.69) is 9.97 Å². The second-order valence-corrected chi connectivity index (χ2v) is 11.3. The fourth-order valence-electron chi connectivity index (χ4n) is 4.92. The number of sulfone groups is 1. The molecule has 1 saturated heterocycles. The van der Waals surface area contributed by atoms with Crippen LogP contribution in [-0.4, -0.2) is 47.4 Å². The molecule has 1 aliphatic heterocycles. The van der Waals surface area contributed by atoms with Gasteiger partial charge in [0.1, 0.15) is 0 Å². The minimum Gasteiger partial charge on any atom is -0.385 e.